The topological polar surface area (TPSA) is 38.9 Å². The second kappa shape index (κ2) is 5.87. The summed E-state index contributed by atoms with van der Waals surface area (Å²) in [6.07, 6.45) is 8.82. The number of pyridine rings is 1. The van der Waals surface area contributed by atoms with E-state index < -0.39 is 0 Å². The molecule has 0 spiro atoms. The van der Waals surface area contributed by atoms with Gasteiger partial charge in [-0.25, -0.2) is 4.98 Å². The molecular formula is C14H22N2S. The van der Waals surface area contributed by atoms with Crippen LogP contribution < -0.4 is 5.73 Å². The molecule has 1 aromatic rings. The van der Waals surface area contributed by atoms with Crippen LogP contribution in [0.25, 0.3) is 0 Å². The number of hydrogen-bond donors (Lipinski definition) is 1. The van der Waals surface area contributed by atoms with Gasteiger partial charge in [0.15, 0.2) is 0 Å². The highest BCUT2D eigenvalue weighted by Crippen LogP contribution is 2.33. The van der Waals surface area contributed by atoms with Gasteiger partial charge in [-0.15, -0.1) is 11.8 Å². The van der Waals surface area contributed by atoms with E-state index in [1.807, 2.05) is 24.9 Å². The van der Waals surface area contributed by atoms with Crippen LogP contribution in [-0.2, 0) is 0 Å². The number of aromatic nitrogens is 1. The maximum absolute atomic E-state index is 5.90. The third-order valence-corrected chi connectivity index (χ3v) is 4.73. The molecule has 0 unspecified atom stereocenters. The van der Waals surface area contributed by atoms with E-state index in [9.17, 15) is 0 Å². The predicted molar refractivity (Wildman–Crippen MR) is 74.3 cm³/mol. The summed E-state index contributed by atoms with van der Waals surface area (Å²) < 4.78 is 0. The Labute approximate surface area is 108 Å². The van der Waals surface area contributed by atoms with Crippen LogP contribution in [0.4, 0.5) is 0 Å². The van der Waals surface area contributed by atoms with Crippen LogP contribution in [0.1, 0.15) is 56.2 Å². The Hall–Kier alpha value is -0.540. The Balaban J connectivity index is 2.04. The second-order valence-corrected chi connectivity index (χ2v) is 6.37. The summed E-state index contributed by atoms with van der Waals surface area (Å²) in [5.41, 5.74) is 8.34. The van der Waals surface area contributed by atoms with Crippen molar-refractivity contribution in [2.24, 2.45) is 5.73 Å². The molecule has 1 aliphatic carbocycles. The SMILES string of the molecule is Cc1cc(SC2CCCCC2)ncc1[C@@H](C)N. The lowest BCUT2D eigenvalue weighted by molar-refractivity contribution is 0.515. The van der Waals surface area contributed by atoms with Gasteiger partial charge < -0.3 is 5.73 Å². The van der Waals surface area contributed by atoms with Gasteiger partial charge in [-0.3, -0.25) is 0 Å². The summed E-state index contributed by atoms with van der Waals surface area (Å²) in [4.78, 5) is 4.54. The van der Waals surface area contributed by atoms with E-state index >= 15 is 0 Å². The number of rotatable bonds is 3. The summed E-state index contributed by atoms with van der Waals surface area (Å²) >= 11 is 1.95. The molecule has 0 bridgehead atoms. The van der Waals surface area contributed by atoms with Crippen LogP contribution in [-0.4, -0.2) is 10.2 Å². The van der Waals surface area contributed by atoms with Gasteiger partial charge in [-0.05, 0) is 43.9 Å². The van der Waals surface area contributed by atoms with Gasteiger partial charge in [-0.2, -0.15) is 0 Å². The van der Waals surface area contributed by atoms with Crippen molar-refractivity contribution in [1.29, 1.82) is 0 Å². The quantitative estimate of drug-likeness (QED) is 0.886. The van der Waals surface area contributed by atoms with Crippen LogP contribution in [0, 0.1) is 6.92 Å². The van der Waals surface area contributed by atoms with Gasteiger partial charge in [-0.1, -0.05) is 19.3 Å². The van der Waals surface area contributed by atoms with E-state index in [4.69, 9.17) is 5.73 Å². The molecular weight excluding hydrogens is 228 g/mol. The van der Waals surface area contributed by atoms with Crippen molar-refractivity contribution in [1.82, 2.24) is 4.98 Å². The fourth-order valence-corrected chi connectivity index (χ4v) is 3.70. The lowest BCUT2D eigenvalue weighted by Crippen LogP contribution is -2.10. The van der Waals surface area contributed by atoms with Crippen molar-refractivity contribution >= 4 is 11.8 Å². The standard InChI is InChI=1S/C14H22N2S/c1-10-8-14(16-9-13(10)11(2)15)17-12-6-4-3-5-7-12/h8-9,11-12H,3-7,15H2,1-2H3/t11-/m1/s1. The Kier molecular flexibility index (Phi) is 4.46. The molecule has 1 heterocycles. The van der Waals surface area contributed by atoms with Crippen molar-refractivity contribution in [2.75, 3.05) is 0 Å². The molecule has 3 heteroatoms. The fourth-order valence-electron chi connectivity index (χ4n) is 2.44. The van der Waals surface area contributed by atoms with Crippen molar-refractivity contribution in [3.8, 4) is 0 Å². The molecule has 1 atom stereocenters. The average molecular weight is 250 g/mol. The van der Waals surface area contributed by atoms with E-state index in [2.05, 4.69) is 18.0 Å². The number of hydrogen-bond acceptors (Lipinski definition) is 3. The van der Waals surface area contributed by atoms with Crippen LogP contribution in [0.3, 0.4) is 0 Å². The second-order valence-electron chi connectivity index (χ2n) is 5.05. The predicted octanol–water partition coefficient (Wildman–Crippen LogP) is 3.83. The van der Waals surface area contributed by atoms with Crippen molar-refractivity contribution in [3.63, 3.8) is 0 Å². The molecule has 0 amide bonds. The molecule has 0 saturated heterocycles. The minimum absolute atomic E-state index is 0.0798. The first-order valence-electron chi connectivity index (χ1n) is 6.55. The smallest absolute Gasteiger partial charge is 0.0965 e. The molecule has 94 valence electrons. The molecule has 1 aliphatic rings. The van der Waals surface area contributed by atoms with Gasteiger partial charge in [0.25, 0.3) is 0 Å². The van der Waals surface area contributed by atoms with Crippen LogP contribution in [0.2, 0.25) is 0 Å². The molecule has 2 N–H and O–H groups in total. The van der Waals surface area contributed by atoms with Gasteiger partial charge in [0.2, 0.25) is 0 Å². The average Bonchev–Trinajstić information content (AvgIpc) is 2.30. The molecule has 1 saturated carbocycles. The van der Waals surface area contributed by atoms with Crippen LogP contribution >= 0.6 is 11.8 Å². The van der Waals surface area contributed by atoms with Crippen LogP contribution in [0.15, 0.2) is 17.3 Å². The van der Waals surface area contributed by atoms with Gasteiger partial charge in [0.1, 0.15) is 0 Å². The van der Waals surface area contributed by atoms with E-state index in [0.717, 1.165) is 10.8 Å². The maximum atomic E-state index is 5.90. The monoisotopic (exact) mass is 250 g/mol. The Morgan fingerprint density at radius 1 is 1.35 bits per heavy atom. The first-order chi connectivity index (χ1) is 8.16. The van der Waals surface area contributed by atoms with Crippen LogP contribution in [0.5, 0.6) is 0 Å². The normalized spacial score (nSPS) is 19.2. The highest BCUT2D eigenvalue weighted by molar-refractivity contribution is 7.99. The highest BCUT2D eigenvalue weighted by Gasteiger charge is 2.15. The number of thioether (sulfide) groups is 1. The maximum Gasteiger partial charge on any atom is 0.0965 e. The molecule has 0 aliphatic heterocycles. The molecule has 1 fully saturated rings. The lowest BCUT2D eigenvalue weighted by Gasteiger charge is -2.21. The van der Waals surface area contributed by atoms with Gasteiger partial charge >= 0.3 is 0 Å². The van der Waals surface area contributed by atoms with Gasteiger partial charge in [0, 0.05) is 17.5 Å². The summed E-state index contributed by atoms with van der Waals surface area (Å²) in [5, 5.41) is 1.94. The zero-order valence-corrected chi connectivity index (χ0v) is 11.6. The van der Waals surface area contributed by atoms with E-state index in [0.29, 0.717) is 0 Å². The summed E-state index contributed by atoms with van der Waals surface area (Å²) in [5.74, 6) is 0. The largest absolute Gasteiger partial charge is 0.324 e. The van der Waals surface area contributed by atoms with E-state index in [1.165, 1.54) is 42.7 Å². The lowest BCUT2D eigenvalue weighted by atomic mass is 10.0. The van der Waals surface area contributed by atoms with E-state index in [1.54, 1.807) is 0 Å². The third kappa shape index (κ3) is 3.46. The van der Waals surface area contributed by atoms with Crippen molar-refractivity contribution < 1.29 is 0 Å². The first kappa shape index (κ1) is 12.9. The summed E-state index contributed by atoms with van der Waals surface area (Å²) in [6, 6.07) is 2.27. The Morgan fingerprint density at radius 2 is 2.06 bits per heavy atom. The van der Waals surface area contributed by atoms with Gasteiger partial charge in [0.05, 0.1) is 5.03 Å². The minimum atomic E-state index is 0.0798. The number of nitrogens with two attached hydrogens (primary N) is 1. The van der Waals surface area contributed by atoms with Crippen molar-refractivity contribution in [2.45, 2.75) is 62.3 Å². The highest BCUT2D eigenvalue weighted by atomic mass is 32.2. The minimum Gasteiger partial charge on any atom is -0.324 e. The molecule has 0 radical (unpaired) electrons. The molecule has 2 nitrogen and oxygen atoms in total. The molecule has 1 aromatic heterocycles. The first-order valence-corrected chi connectivity index (χ1v) is 7.43. The number of aryl methyl sites for hydroxylation is 1. The fraction of sp³-hybridized carbons (Fsp3) is 0.643. The zero-order chi connectivity index (χ0) is 12.3. The number of nitrogens with zero attached hydrogens (tertiary/aromatic N) is 1. The van der Waals surface area contributed by atoms with Crippen molar-refractivity contribution in [3.05, 3.63) is 23.4 Å². The summed E-state index contributed by atoms with van der Waals surface area (Å²) in [6.45, 7) is 4.14. The molecule has 2 rings (SSSR count). The third-order valence-electron chi connectivity index (χ3n) is 3.46. The molecule has 17 heavy (non-hydrogen) atoms. The zero-order valence-electron chi connectivity index (χ0n) is 10.8. The summed E-state index contributed by atoms with van der Waals surface area (Å²) in [7, 11) is 0. The van der Waals surface area contributed by atoms with E-state index in [-0.39, 0.29) is 6.04 Å². The molecule has 0 aromatic carbocycles. The Bertz CT molecular complexity index is 370. The Morgan fingerprint density at radius 3 is 2.65 bits per heavy atom.